The lowest BCUT2D eigenvalue weighted by Gasteiger charge is -2.29. The molecule has 3 aromatic rings. The van der Waals surface area contributed by atoms with E-state index in [1.54, 1.807) is 23.2 Å². The number of methoxy groups -OCH3 is 1. The van der Waals surface area contributed by atoms with Gasteiger partial charge in [0.15, 0.2) is 0 Å². The normalized spacial score (nSPS) is 20.0. The zero-order valence-corrected chi connectivity index (χ0v) is 17.1. The highest BCUT2D eigenvalue weighted by Gasteiger charge is 2.54. The van der Waals surface area contributed by atoms with Gasteiger partial charge in [0.2, 0.25) is 11.7 Å². The predicted octanol–water partition coefficient (Wildman–Crippen LogP) is 3.13. The minimum atomic E-state index is -0.368. The molecule has 1 aliphatic carbocycles. The number of tetrazole rings is 1. The van der Waals surface area contributed by atoms with Crippen molar-refractivity contribution in [3.05, 3.63) is 47.3 Å². The highest BCUT2D eigenvalue weighted by atomic mass is 32.1. The Balaban J connectivity index is 1.32. The maximum Gasteiger partial charge on any atom is 0.233 e. The van der Waals surface area contributed by atoms with Gasteiger partial charge >= 0.3 is 0 Å². The molecule has 150 valence electrons. The van der Waals surface area contributed by atoms with Gasteiger partial charge in [0.05, 0.1) is 30.0 Å². The molecule has 3 heterocycles. The van der Waals surface area contributed by atoms with Gasteiger partial charge in [-0.25, -0.2) is 0 Å². The van der Waals surface area contributed by atoms with Gasteiger partial charge in [0.25, 0.3) is 0 Å². The Morgan fingerprint density at radius 2 is 2.10 bits per heavy atom. The maximum absolute atomic E-state index is 13.5. The van der Waals surface area contributed by atoms with Crippen LogP contribution in [0, 0.1) is 0 Å². The number of benzene rings is 1. The summed E-state index contributed by atoms with van der Waals surface area (Å²) in [6, 6.07) is 12.0. The summed E-state index contributed by atoms with van der Waals surface area (Å²) in [6.07, 6.45) is 3.80. The van der Waals surface area contributed by atoms with Crippen LogP contribution in [-0.2, 0) is 16.8 Å². The Labute approximate surface area is 173 Å². The Morgan fingerprint density at radius 3 is 2.79 bits per heavy atom. The molecule has 5 rings (SSSR count). The first kappa shape index (κ1) is 18.3. The van der Waals surface area contributed by atoms with E-state index < -0.39 is 0 Å². The molecule has 0 N–H and O–H groups in total. The SMILES string of the molecule is COc1ccc(C2(C(=O)N3CCC[C@H]3Cn3nnc(-c4cccs4)n3)CC2)cc1. The average Bonchev–Trinajstić information content (AvgIpc) is 3.15. The van der Waals surface area contributed by atoms with Gasteiger partial charge in [-0.1, -0.05) is 18.2 Å². The van der Waals surface area contributed by atoms with Crippen molar-refractivity contribution < 1.29 is 9.53 Å². The summed E-state index contributed by atoms with van der Waals surface area (Å²) < 4.78 is 5.26. The van der Waals surface area contributed by atoms with Gasteiger partial charge in [-0.05, 0) is 60.0 Å². The number of carbonyl (C=O) groups is 1. The van der Waals surface area contributed by atoms with E-state index in [1.165, 1.54) is 0 Å². The summed E-state index contributed by atoms with van der Waals surface area (Å²) >= 11 is 1.60. The van der Waals surface area contributed by atoms with Gasteiger partial charge in [-0.2, -0.15) is 4.80 Å². The number of ether oxygens (including phenoxy) is 1. The van der Waals surface area contributed by atoms with Crippen LogP contribution in [0.25, 0.3) is 10.7 Å². The first-order valence-corrected chi connectivity index (χ1v) is 10.8. The highest BCUT2D eigenvalue weighted by molar-refractivity contribution is 7.13. The maximum atomic E-state index is 13.5. The smallest absolute Gasteiger partial charge is 0.233 e. The average molecular weight is 410 g/mol. The lowest BCUT2D eigenvalue weighted by atomic mass is 9.94. The summed E-state index contributed by atoms with van der Waals surface area (Å²) in [7, 11) is 1.66. The summed E-state index contributed by atoms with van der Waals surface area (Å²) in [5, 5.41) is 14.9. The molecule has 2 aromatic heterocycles. The van der Waals surface area contributed by atoms with E-state index >= 15 is 0 Å². The zero-order valence-electron chi connectivity index (χ0n) is 16.3. The van der Waals surface area contributed by atoms with E-state index in [4.69, 9.17) is 4.74 Å². The van der Waals surface area contributed by atoms with Crippen LogP contribution in [0.15, 0.2) is 41.8 Å². The number of hydrogen-bond donors (Lipinski definition) is 0. The minimum absolute atomic E-state index is 0.114. The number of aromatic nitrogens is 4. The third-order valence-corrected chi connectivity index (χ3v) is 6.87. The van der Waals surface area contributed by atoms with Crippen LogP contribution in [0.3, 0.4) is 0 Å². The molecule has 0 bridgehead atoms. The van der Waals surface area contributed by atoms with E-state index in [2.05, 4.69) is 15.4 Å². The fourth-order valence-electron chi connectivity index (χ4n) is 4.24. The quantitative estimate of drug-likeness (QED) is 0.625. The molecule has 1 atom stereocenters. The number of carbonyl (C=O) groups excluding carboxylic acids is 1. The Morgan fingerprint density at radius 1 is 1.28 bits per heavy atom. The van der Waals surface area contributed by atoms with E-state index in [9.17, 15) is 4.79 Å². The van der Waals surface area contributed by atoms with Crippen LogP contribution >= 0.6 is 11.3 Å². The molecule has 1 amide bonds. The first-order valence-electron chi connectivity index (χ1n) is 9.97. The molecule has 0 unspecified atom stereocenters. The monoisotopic (exact) mass is 409 g/mol. The molecule has 2 fully saturated rings. The molecular formula is C21H23N5O2S. The third-order valence-electron chi connectivity index (χ3n) is 6.01. The largest absolute Gasteiger partial charge is 0.497 e. The van der Waals surface area contributed by atoms with Gasteiger partial charge in [0.1, 0.15) is 5.75 Å². The number of thiophene rings is 1. The van der Waals surface area contributed by atoms with Crippen molar-refractivity contribution in [2.45, 2.75) is 43.7 Å². The molecular weight excluding hydrogens is 386 g/mol. The van der Waals surface area contributed by atoms with Crippen LogP contribution in [0.4, 0.5) is 0 Å². The Bertz CT molecular complexity index is 995. The highest BCUT2D eigenvalue weighted by Crippen LogP contribution is 2.50. The number of hydrogen-bond acceptors (Lipinski definition) is 6. The molecule has 0 spiro atoms. The van der Waals surface area contributed by atoms with Crippen molar-refractivity contribution in [1.82, 2.24) is 25.1 Å². The Hall–Kier alpha value is -2.74. The second kappa shape index (κ2) is 7.26. The van der Waals surface area contributed by atoms with Gasteiger partial charge in [-0.3, -0.25) is 4.79 Å². The fourth-order valence-corrected chi connectivity index (χ4v) is 4.89. The van der Waals surface area contributed by atoms with E-state index in [-0.39, 0.29) is 17.4 Å². The van der Waals surface area contributed by atoms with Crippen molar-refractivity contribution in [1.29, 1.82) is 0 Å². The van der Waals surface area contributed by atoms with Crippen molar-refractivity contribution in [2.75, 3.05) is 13.7 Å². The zero-order chi connectivity index (χ0) is 19.8. The molecule has 2 aliphatic rings. The van der Waals surface area contributed by atoms with Crippen molar-refractivity contribution in [3.8, 4) is 16.5 Å². The topological polar surface area (TPSA) is 73.1 Å². The molecule has 8 heteroatoms. The van der Waals surface area contributed by atoms with Crippen LogP contribution in [-0.4, -0.2) is 50.7 Å². The summed E-state index contributed by atoms with van der Waals surface area (Å²) in [6.45, 7) is 1.39. The fraction of sp³-hybridized carbons (Fsp3) is 0.429. The van der Waals surface area contributed by atoms with Crippen LogP contribution < -0.4 is 4.74 Å². The Kier molecular flexibility index (Phi) is 4.58. The molecule has 1 aliphatic heterocycles. The summed E-state index contributed by atoms with van der Waals surface area (Å²) in [5.74, 6) is 1.70. The van der Waals surface area contributed by atoms with Crippen molar-refractivity contribution >= 4 is 17.2 Å². The third kappa shape index (κ3) is 3.31. The van der Waals surface area contributed by atoms with E-state index in [1.807, 2.05) is 46.7 Å². The van der Waals surface area contributed by atoms with Crippen LogP contribution in [0.5, 0.6) is 5.75 Å². The lowest BCUT2D eigenvalue weighted by molar-refractivity contribution is -0.135. The number of amides is 1. The molecule has 29 heavy (non-hydrogen) atoms. The minimum Gasteiger partial charge on any atom is -0.497 e. The summed E-state index contributed by atoms with van der Waals surface area (Å²) in [5.41, 5.74) is 0.722. The lowest BCUT2D eigenvalue weighted by Crippen LogP contribution is -2.44. The number of nitrogens with zero attached hydrogens (tertiary/aromatic N) is 5. The van der Waals surface area contributed by atoms with Gasteiger partial charge in [0, 0.05) is 6.54 Å². The number of rotatable bonds is 6. The van der Waals surface area contributed by atoms with Crippen LogP contribution in [0.2, 0.25) is 0 Å². The molecule has 1 saturated carbocycles. The predicted molar refractivity (Wildman–Crippen MR) is 110 cm³/mol. The molecule has 1 aromatic carbocycles. The van der Waals surface area contributed by atoms with Crippen molar-refractivity contribution in [2.24, 2.45) is 0 Å². The van der Waals surface area contributed by atoms with E-state index in [0.717, 1.165) is 48.4 Å². The molecule has 1 saturated heterocycles. The number of likely N-dealkylation sites (tertiary alicyclic amines) is 1. The van der Waals surface area contributed by atoms with Gasteiger partial charge < -0.3 is 9.64 Å². The second-order valence-corrected chi connectivity index (χ2v) is 8.70. The van der Waals surface area contributed by atoms with E-state index in [0.29, 0.717) is 12.4 Å². The second-order valence-electron chi connectivity index (χ2n) is 7.75. The summed E-state index contributed by atoms with van der Waals surface area (Å²) in [4.78, 5) is 18.2. The first-order chi connectivity index (χ1) is 14.2. The van der Waals surface area contributed by atoms with Crippen LogP contribution in [0.1, 0.15) is 31.2 Å². The van der Waals surface area contributed by atoms with Gasteiger partial charge in [-0.15, -0.1) is 21.5 Å². The molecule has 7 nitrogen and oxygen atoms in total. The van der Waals surface area contributed by atoms with Crippen molar-refractivity contribution in [3.63, 3.8) is 0 Å². The molecule has 0 radical (unpaired) electrons. The standard InChI is InChI=1S/C21H23N5O2S/c1-28-17-8-6-15(7-9-17)21(10-11-21)20(27)25-12-2-4-16(25)14-26-23-19(22-24-26)18-5-3-13-29-18/h3,5-9,13,16H,2,4,10-12,14H2,1H3/t16-/m0/s1.